The van der Waals surface area contributed by atoms with Crippen LogP contribution in [0.4, 0.5) is 0 Å². The molecule has 2 heterocycles. The molecule has 0 aliphatic carbocycles. The molecule has 0 saturated heterocycles. The molecule has 0 unspecified atom stereocenters. The molecule has 2 aromatic carbocycles. The van der Waals surface area contributed by atoms with Gasteiger partial charge in [-0.3, -0.25) is 14.2 Å². The highest BCUT2D eigenvalue weighted by molar-refractivity contribution is 9.10. The molecule has 0 atom stereocenters. The van der Waals surface area contributed by atoms with Crippen molar-refractivity contribution in [2.75, 3.05) is 13.1 Å². The number of hydrogen-bond acceptors (Lipinski definition) is 4. The lowest BCUT2D eigenvalue weighted by atomic mass is 9.99. The molecule has 0 radical (unpaired) electrons. The van der Waals surface area contributed by atoms with Gasteiger partial charge in [-0.05, 0) is 47.9 Å². The number of rotatable bonds is 4. The molecular weight excluding hydrogens is 434 g/mol. The van der Waals surface area contributed by atoms with Crippen LogP contribution in [0.15, 0.2) is 64.1 Å². The van der Waals surface area contributed by atoms with Crippen molar-refractivity contribution in [1.29, 1.82) is 0 Å². The fourth-order valence-electron chi connectivity index (χ4n) is 3.50. The van der Waals surface area contributed by atoms with Crippen molar-refractivity contribution in [1.82, 2.24) is 14.5 Å². The smallest absolute Gasteiger partial charge is 0.261 e. The fourth-order valence-corrected chi connectivity index (χ4v) is 3.86. The molecule has 1 amide bonds. The van der Waals surface area contributed by atoms with Crippen molar-refractivity contribution >= 4 is 38.3 Å². The van der Waals surface area contributed by atoms with Gasteiger partial charge in [0.15, 0.2) is 0 Å². The number of hydrogen-bond donors (Lipinski definition) is 1. The first-order valence-electron chi connectivity index (χ1n) is 9.42. The third-order valence-corrected chi connectivity index (χ3v) is 5.65. The summed E-state index contributed by atoms with van der Waals surface area (Å²) in [5.74, 6) is 0.264. The van der Waals surface area contributed by atoms with Crippen molar-refractivity contribution in [2.45, 2.75) is 19.4 Å². The molecule has 1 aliphatic heterocycles. The van der Waals surface area contributed by atoms with Gasteiger partial charge in [0.05, 0.1) is 17.2 Å². The highest BCUT2D eigenvalue weighted by atomic mass is 79.9. The number of carbonyl (C=O) groups excluding carboxylic acids is 1. The maximum atomic E-state index is 12.6. The van der Waals surface area contributed by atoms with Crippen LogP contribution in [-0.2, 0) is 11.3 Å². The Balaban J connectivity index is 1.40. The predicted octanol–water partition coefficient (Wildman–Crippen LogP) is 3.57. The van der Waals surface area contributed by atoms with Crippen LogP contribution in [0.5, 0.6) is 5.75 Å². The molecule has 0 spiro atoms. The molecule has 1 aliphatic rings. The van der Waals surface area contributed by atoms with Crippen molar-refractivity contribution < 1.29 is 9.90 Å². The van der Waals surface area contributed by atoms with E-state index >= 15 is 0 Å². The first kappa shape index (κ1) is 19.4. The molecule has 29 heavy (non-hydrogen) atoms. The number of fused-ring (bicyclic) bond motifs is 1. The van der Waals surface area contributed by atoms with E-state index in [4.69, 9.17) is 0 Å². The quantitative estimate of drug-likeness (QED) is 0.654. The van der Waals surface area contributed by atoms with Crippen LogP contribution in [0.2, 0.25) is 0 Å². The highest BCUT2D eigenvalue weighted by Gasteiger charge is 2.18. The lowest BCUT2D eigenvalue weighted by Gasteiger charge is -2.27. The molecule has 3 aromatic rings. The second-order valence-corrected chi connectivity index (χ2v) is 7.94. The summed E-state index contributed by atoms with van der Waals surface area (Å²) in [5.41, 5.74) is 2.74. The Bertz CT molecular complexity index is 1150. The molecule has 0 saturated carbocycles. The Morgan fingerprint density at radius 1 is 1.17 bits per heavy atom. The van der Waals surface area contributed by atoms with E-state index in [-0.39, 0.29) is 23.6 Å². The molecular formula is C22H20BrN3O3. The molecule has 1 N–H and O–H groups in total. The largest absolute Gasteiger partial charge is 0.508 e. The number of halogens is 1. The number of benzene rings is 2. The standard InChI is InChI=1S/C22H20BrN3O3/c23-17-3-6-20-19(13-17)22(29)26(14-24-20)12-9-21(28)25-10-7-16(8-11-25)15-1-4-18(27)5-2-15/h1-7,13-14,27H,8-12H2. The third kappa shape index (κ3) is 4.24. The number of phenols is 1. The lowest BCUT2D eigenvalue weighted by Crippen LogP contribution is -2.35. The number of nitrogens with zero attached hydrogens (tertiary/aromatic N) is 3. The van der Waals surface area contributed by atoms with Crippen LogP contribution < -0.4 is 5.56 Å². The van der Waals surface area contributed by atoms with Gasteiger partial charge in [0.2, 0.25) is 5.91 Å². The summed E-state index contributed by atoms with van der Waals surface area (Å²) in [4.78, 5) is 31.4. The van der Waals surface area contributed by atoms with Gasteiger partial charge in [0.25, 0.3) is 5.56 Å². The normalized spacial score (nSPS) is 14.1. The lowest BCUT2D eigenvalue weighted by molar-refractivity contribution is -0.131. The summed E-state index contributed by atoms with van der Waals surface area (Å²) in [7, 11) is 0. The topological polar surface area (TPSA) is 75.4 Å². The monoisotopic (exact) mass is 453 g/mol. The van der Waals surface area contributed by atoms with Gasteiger partial charge in [0, 0.05) is 30.5 Å². The average molecular weight is 454 g/mol. The number of aromatic hydroxyl groups is 1. The summed E-state index contributed by atoms with van der Waals surface area (Å²) in [6, 6.07) is 12.5. The zero-order valence-corrected chi connectivity index (χ0v) is 17.3. The fraction of sp³-hybridized carbons (Fsp3) is 0.227. The minimum absolute atomic E-state index is 0.0206. The summed E-state index contributed by atoms with van der Waals surface area (Å²) in [6.07, 6.45) is 4.57. The van der Waals surface area contributed by atoms with Crippen LogP contribution in [-0.4, -0.2) is 38.6 Å². The predicted molar refractivity (Wildman–Crippen MR) is 116 cm³/mol. The van der Waals surface area contributed by atoms with Crippen LogP contribution in [0.1, 0.15) is 18.4 Å². The summed E-state index contributed by atoms with van der Waals surface area (Å²) >= 11 is 3.38. The second-order valence-electron chi connectivity index (χ2n) is 7.02. The van der Waals surface area contributed by atoms with Crippen molar-refractivity contribution in [2.24, 2.45) is 0 Å². The number of carbonyl (C=O) groups is 1. The van der Waals surface area contributed by atoms with Gasteiger partial charge in [-0.1, -0.05) is 34.1 Å². The summed E-state index contributed by atoms with van der Waals surface area (Å²) in [5, 5.41) is 9.95. The van der Waals surface area contributed by atoms with Gasteiger partial charge in [-0.2, -0.15) is 0 Å². The maximum absolute atomic E-state index is 12.6. The van der Waals surface area contributed by atoms with Gasteiger partial charge in [-0.25, -0.2) is 4.98 Å². The SMILES string of the molecule is O=C(CCn1cnc2ccc(Br)cc2c1=O)N1CC=C(c2ccc(O)cc2)CC1. The first-order chi connectivity index (χ1) is 14.0. The van der Waals surface area contributed by atoms with E-state index in [0.717, 1.165) is 16.5 Å². The maximum Gasteiger partial charge on any atom is 0.261 e. The zero-order valence-electron chi connectivity index (χ0n) is 15.7. The molecule has 148 valence electrons. The Labute approximate surface area is 176 Å². The van der Waals surface area contributed by atoms with Gasteiger partial charge in [0.1, 0.15) is 5.75 Å². The molecule has 1 aromatic heterocycles. The van der Waals surface area contributed by atoms with E-state index in [9.17, 15) is 14.7 Å². The van der Waals surface area contributed by atoms with E-state index in [0.29, 0.717) is 30.5 Å². The van der Waals surface area contributed by atoms with Crippen molar-refractivity contribution in [3.63, 3.8) is 0 Å². The number of aryl methyl sites for hydroxylation is 1. The Morgan fingerprint density at radius 2 is 1.97 bits per heavy atom. The third-order valence-electron chi connectivity index (χ3n) is 5.15. The molecule has 7 heteroatoms. The van der Waals surface area contributed by atoms with E-state index in [2.05, 4.69) is 27.0 Å². The van der Waals surface area contributed by atoms with E-state index < -0.39 is 0 Å². The summed E-state index contributed by atoms with van der Waals surface area (Å²) < 4.78 is 2.32. The number of aromatic nitrogens is 2. The van der Waals surface area contributed by atoms with Gasteiger partial charge in [-0.15, -0.1) is 0 Å². The second kappa shape index (κ2) is 8.21. The van der Waals surface area contributed by atoms with E-state index in [1.165, 1.54) is 16.5 Å². The molecule has 6 nitrogen and oxygen atoms in total. The highest BCUT2D eigenvalue weighted by Crippen LogP contribution is 2.24. The van der Waals surface area contributed by atoms with Crippen LogP contribution in [0, 0.1) is 0 Å². The average Bonchev–Trinajstić information content (AvgIpc) is 2.74. The van der Waals surface area contributed by atoms with Crippen LogP contribution in [0.25, 0.3) is 16.5 Å². The summed E-state index contributed by atoms with van der Waals surface area (Å²) in [6.45, 7) is 1.49. The Kier molecular flexibility index (Phi) is 5.49. The Morgan fingerprint density at radius 3 is 2.69 bits per heavy atom. The first-order valence-corrected chi connectivity index (χ1v) is 10.2. The van der Waals surface area contributed by atoms with E-state index in [1.54, 1.807) is 29.2 Å². The van der Waals surface area contributed by atoms with Crippen LogP contribution >= 0.6 is 15.9 Å². The minimum atomic E-state index is -0.141. The van der Waals surface area contributed by atoms with Gasteiger partial charge < -0.3 is 10.0 Å². The number of phenolic OH excluding ortho intramolecular Hbond substituents is 1. The van der Waals surface area contributed by atoms with Gasteiger partial charge >= 0.3 is 0 Å². The number of amides is 1. The molecule has 0 fully saturated rings. The molecule has 0 bridgehead atoms. The van der Waals surface area contributed by atoms with Crippen LogP contribution in [0.3, 0.4) is 0 Å². The van der Waals surface area contributed by atoms with Crippen molar-refractivity contribution in [3.8, 4) is 5.75 Å². The Hall–Kier alpha value is -2.93. The zero-order chi connectivity index (χ0) is 20.4. The minimum Gasteiger partial charge on any atom is -0.508 e. The van der Waals surface area contributed by atoms with E-state index in [1.807, 2.05) is 18.2 Å². The molecule has 4 rings (SSSR count). The van der Waals surface area contributed by atoms with Crippen molar-refractivity contribution in [3.05, 3.63) is 75.3 Å².